The van der Waals surface area contributed by atoms with Gasteiger partial charge in [-0.25, -0.2) is 9.97 Å². The topological polar surface area (TPSA) is 79.4 Å². The van der Waals surface area contributed by atoms with E-state index in [1.165, 1.54) is 6.20 Å². The zero-order valence-electron chi connectivity index (χ0n) is 13.1. The maximum atomic E-state index is 11.8. The van der Waals surface area contributed by atoms with Crippen LogP contribution in [0.5, 0.6) is 0 Å². The van der Waals surface area contributed by atoms with Gasteiger partial charge in [-0.1, -0.05) is 0 Å². The molecule has 1 amide bonds. The first-order valence-corrected chi connectivity index (χ1v) is 7.11. The second kappa shape index (κ2) is 10.1. The van der Waals surface area contributed by atoms with Crippen molar-refractivity contribution >= 4 is 11.7 Å². The molecule has 0 aliphatic rings. The number of hydrogen-bond acceptors (Lipinski definition) is 6. The van der Waals surface area contributed by atoms with E-state index in [1.54, 1.807) is 13.3 Å². The van der Waals surface area contributed by atoms with Crippen LogP contribution in [0.2, 0.25) is 0 Å². The van der Waals surface area contributed by atoms with Gasteiger partial charge in [0.2, 0.25) is 0 Å². The van der Waals surface area contributed by atoms with Crippen LogP contribution in [0.3, 0.4) is 0 Å². The highest BCUT2D eigenvalue weighted by Crippen LogP contribution is 2.01. The van der Waals surface area contributed by atoms with Gasteiger partial charge in [0, 0.05) is 26.8 Å². The van der Waals surface area contributed by atoms with Crippen molar-refractivity contribution in [3.63, 3.8) is 0 Å². The predicted molar refractivity (Wildman–Crippen MR) is 82.5 cm³/mol. The van der Waals surface area contributed by atoms with Gasteiger partial charge in [0.05, 0.1) is 12.4 Å². The first-order valence-electron chi connectivity index (χ1n) is 7.11. The fraction of sp³-hybridized carbons (Fsp3) is 0.643. The van der Waals surface area contributed by atoms with Crippen LogP contribution < -0.4 is 10.6 Å². The van der Waals surface area contributed by atoms with E-state index in [1.807, 2.05) is 14.1 Å². The molecule has 2 N–H and O–H groups in total. The third-order valence-corrected chi connectivity index (χ3v) is 2.78. The fourth-order valence-corrected chi connectivity index (χ4v) is 1.66. The maximum absolute atomic E-state index is 11.8. The highest BCUT2D eigenvalue weighted by Gasteiger charge is 2.07. The van der Waals surface area contributed by atoms with E-state index >= 15 is 0 Å². The number of nitrogens with one attached hydrogen (secondary N) is 2. The number of amides is 1. The molecule has 0 radical (unpaired) electrons. The minimum atomic E-state index is -0.210. The summed E-state index contributed by atoms with van der Waals surface area (Å²) in [5.41, 5.74) is 0.325. The molecule has 0 saturated carbocycles. The number of carbonyl (C=O) groups is 1. The van der Waals surface area contributed by atoms with Gasteiger partial charge in [0.15, 0.2) is 0 Å². The summed E-state index contributed by atoms with van der Waals surface area (Å²) in [6, 6.07) is 0. The molecule has 0 saturated heterocycles. The van der Waals surface area contributed by atoms with Crippen LogP contribution >= 0.6 is 0 Å². The summed E-state index contributed by atoms with van der Waals surface area (Å²) in [7, 11) is 5.72. The van der Waals surface area contributed by atoms with Crippen molar-refractivity contribution in [2.45, 2.75) is 12.8 Å². The van der Waals surface area contributed by atoms with Crippen LogP contribution in [-0.4, -0.2) is 68.2 Å². The Hall–Kier alpha value is -1.73. The molecule has 0 bridgehead atoms. The summed E-state index contributed by atoms with van der Waals surface area (Å²) >= 11 is 0. The fourth-order valence-electron chi connectivity index (χ4n) is 1.66. The van der Waals surface area contributed by atoms with Gasteiger partial charge in [-0.2, -0.15) is 0 Å². The van der Waals surface area contributed by atoms with Gasteiger partial charge >= 0.3 is 0 Å². The lowest BCUT2D eigenvalue weighted by atomic mass is 10.3. The third-order valence-electron chi connectivity index (χ3n) is 2.78. The lowest BCUT2D eigenvalue weighted by molar-refractivity contribution is 0.0943. The summed E-state index contributed by atoms with van der Waals surface area (Å²) in [6.07, 6.45) is 4.87. The second-order valence-corrected chi connectivity index (χ2v) is 4.97. The van der Waals surface area contributed by atoms with Crippen molar-refractivity contribution in [1.29, 1.82) is 0 Å². The SMILES string of the molecule is COCCCNC(=O)c1cnc(NCCCN(C)C)cn1. The smallest absolute Gasteiger partial charge is 0.271 e. The quantitative estimate of drug-likeness (QED) is 0.616. The van der Waals surface area contributed by atoms with Crippen LogP contribution in [0.4, 0.5) is 5.82 Å². The van der Waals surface area contributed by atoms with E-state index in [-0.39, 0.29) is 5.91 Å². The molecule has 0 fully saturated rings. The zero-order valence-corrected chi connectivity index (χ0v) is 13.1. The van der Waals surface area contributed by atoms with Crippen molar-refractivity contribution in [2.24, 2.45) is 0 Å². The molecular formula is C14H25N5O2. The Bertz CT molecular complexity index is 408. The summed E-state index contributed by atoms with van der Waals surface area (Å²) < 4.78 is 4.92. The minimum Gasteiger partial charge on any atom is -0.385 e. The van der Waals surface area contributed by atoms with Gasteiger partial charge in [0.1, 0.15) is 11.5 Å². The van der Waals surface area contributed by atoms with Crippen molar-refractivity contribution in [3.8, 4) is 0 Å². The first-order chi connectivity index (χ1) is 10.1. The highest BCUT2D eigenvalue weighted by molar-refractivity contribution is 5.91. The minimum absolute atomic E-state index is 0.210. The number of hydrogen-bond donors (Lipinski definition) is 2. The largest absolute Gasteiger partial charge is 0.385 e. The Balaban J connectivity index is 2.30. The van der Waals surface area contributed by atoms with Crippen LogP contribution in [0.15, 0.2) is 12.4 Å². The number of carbonyl (C=O) groups excluding carboxylic acids is 1. The Morgan fingerprint density at radius 1 is 1.24 bits per heavy atom. The molecule has 0 spiro atoms. The molecule has 21 heavy (non-hydrogen) atoms. The summed E-state index contributed by atoms with van der Waals surface area (Å²) in [4.78, 5) is 22.2. The van der Waals surface area contributed by atoms with Crippen molar-refractivity contribution in [1.82, 2.24) is 20.2 Å². The summed E-state index contributed by atoms with van der Waals surface area (Å²) in [6.45, 7) is 3.04. The van der Waals surface area contributed by atoms with Gasteiger partial charge in [-0.05, 0) is 33.5 Å². The van der Waals surface area contributed by atoms with E-state index in [2.05, 4.69) is 25.5 Å². The lowest BCUT2D eigenvalue weighted by Crippen LogP contribution is -2.26. The van der Waals surface area contributed by atoms with Gasteiger partial charge < -0.3 is 20.3 Å². The molecule has 7 heteroatoms. The predicted octanol–water partition coefficient (Wildman–Crippen LogP) is 0.607. The second-order valence-electron chi connectivity index (χ2n) is 4.97. The average molecular weight is 295 g/mol. The Labute approximate surface area is 126 Å². The van der Waals surface area contributed by atoms with Gasteiger partial charge in [-0.15, -0.1) is 0 Å². The molecule has 1 aromatic heterocycles. The average Bonchev–Trinajstić information content (AvgIpc) is 2.48. The molecule has 1 heterocycles. The maximum Gasteiger partial charge on any atom is 0.271 e. The molecule has 1 aromatic rings. The van der Waals surface area contributed by atoms with Crippen molar-refractivity contribution in [3.05, 3.63) is 18.1 Å². The number of ether oxygens (including phenoxy) is 1. The number of anilines is 1. The first kappa shape index (κ1) is 17.3. The van der Waals surface area contributed by atoms with E-state index in [0.717, 1.165) is 25.9 Å². The van der Waals surface area contributed by atoms with Gasteiger partial charge in [0.25, 0.3) is 5.91 Å². The Kier molecular flexibility index (Phi) is 8.30. The molecule has 0 atom stereocenters. The Morgan fingerprint density at radius 2 is 2.05 bits per heavy atom. The molecule has 0 aliphatic heterocycles. The molecule has 0 unspecified atom stereocenters. The highest BCUT2D eigenvalue weighted by atomic mass is 16.5. The van der Waals surface area contributed by atoms with Crippen molar-refractivity contribution < 1.29 is 9.53 Å². The third kappa shape index (κ3) is 7.57. The standard InChI is InChI=1S/C14H25N5O2/c1-19(2)8-4-6-15-13-11-17-12(10-18-13)14(20)16-7-5-9-21-3/h10-11H,4-9H2,1-3H3,(H,15,18)(H,16,20). The number of aromatic nitrogens is 2. The number of nitrogens with zero attached hydrogens (tertiary/aromatic N) is 3. The van der Waals surface area contributed by atoms with E-state index in [4.69, 9.17) is 4.74 Å². The molecule has 0 aromatic carbocycles. The van der Waals surface area contributed by atoms with Crippen LogP contribution in [0, 0.1) is 0 Å². The number of rotatable bonds is 10. The molecule has 1 rings (SSSR count). The van der Waals surface area contributed by atoms with Crippen molar-refractivity contribution in [2.75, 3.05) is 52.8 Å². The molecular weight excluding hydrogens is 270 g/mol. The van der Waals surface area contributed by atoms with Crippen LogP contribution in [-0.2, 0) is 4.74 Å². The Morgan fingerprint density at radius 3 is 2.67 bits per heavy atom. The molecule has 0 aliphatic carbocycles. The van der Waals surface area contributed by atoms with E-state index in [9.17, 15) is 4.79 Å². The van der Waals surface area contributed by atoms with Gasteiger partial charge in [-0.3, -0.25) is 4.79 Å². The summed E-state index contributed by atoms with van der Waals surface area (Å²) in [5, 5.41) is 5.95. The van der Waals surface area contributed by atoms with Crippen LogP contribution in [0.1, 0.15) is 23.3 Å². The van der Waals surface area contributed by atoms with Crippen LogP contribution in [0.25, 0.3) is 0 Å². The van der Waals surface area contributed by atoms with E-state index < -0.39 is 0 Å². The lowest BCUT2D eigenvalue weighted by Gasteiger charge is -2.10. The monoisotopic (exact) mass is 295 g/mol. The van der Waals surface area contributed by atoms with E-state index in [0.29, 0.717) is 24.7 Å². The summed E-state index contributed by atoms with van der Waals surface area (Å²) in [5.74, 6) is 0.474. The zero-order chi connectivity index (χ0) is 15.5. The normalized spacial score (nSPS) is 10.7. The number of methoxy groups -OCH3 is 1. The molecule has 118 valence electrons. The molecule has 7 nitrogen and oxygen atoms in total.